The number of methoxy groups -OCH3 is 1. The number of halogens is 3. The molecule has 0 aliphatic heterocycles. The highest BCUT2D eigenvalue weighted by molar-refractivity contribution is 6.32. The van der Waals surface area contributed by atoms with Gasteiger partial charge in [0.05, 0.1) is 18.2 Å². The van der Waals surface area contributed by atoms with E-state index in [2.05, 4.69) is 4.74 Å². The number of rotatable bonds is 2. The summed E-state index contributed by atoms with van der Waals surface area (Å²) in [6.07, 6.45) is -1.12. The lowest BCUT2D eigenvalue weighted by Crippen LogP contribution is -2.02. The number of aliphatic hydroxyl groups is 1. The van der Waals surface area contributed by atoms with Crippen LogP contribution in [0.25, 0.3) is 0 Å². The Hall–Kier alpha value is -0.870. The van der Waals surface area contributed by atoms with Crippen LogP contribution in [0.15, 0.2) is 6.07 Å². The first-order valence-electron chi connectivity index (χ1n) is 3.88. The molecule has 0 radical (unpaired) electrons. The van der Waals surface area contributed by atoms with E-state index in [4.69, 9.17) is 16.7 Å². The third-order valence-corrected chi connectivity index (χ3v) is 2.08. The molecular weight excluding hydrogens is 214 g/mol. The lowest BCUT2D eigenvalue weighted by atomic mass is 10.1. The maximum Gasteiger partial charge on any atom is 0.202 e. The van der Waals surface area contributed by atoms with Crippen LogP contribution in [0.4, 0.5) is 8.78 Å². The van der Waals surface area contributed by atoms with Crippen LogP contribution in [-0.2, 0) is 0 Å². The SMILES string of the molecule is COc1c(Cl)cc(C(C)O)c(F)c1F. The van der Waals surface area contributed by atoms with Crippen LogP contribution >= 0.6 is 11.6 Å². The number of ether oxygens (including phenoxy) is 1. The second-order valence-electron chi connectivity index (χ2n) is 2.78. The molecule has 0 bridgehead atoms. The Morgan fingerprint density at radius 1 is 1.43 bits per heavy atom. The summed E-state index contributed by atoms with van der Waals surface area (Å²) in [5.74, 6) is -2.68. The number of benzene rings is 1. The second kappa shape index (κ2) is 4.11. The Morgan fingerprint density at radius 3 is 2.43 bits per heavy atom. The molecule has 0 heterocycles. The Kier molecular flexibility index (Phi) is 3.29. The van der Waals surface area contributed by atoms with Gasteiger partial charge in [-0.2, -0.15) is 4.39 Å². The van der Waals surface area contributed by atoms with E-state index in [1.807, 2.05) is 0 Å². The summed E-state index contributed by atoms with van der Waals surface area (Å²) < 4.78 is 31.0. The lowest BCUT2D eigenvalue weighted by molar-refractivity contribution is 0.192. The Bertz CT molecular complexity index is 353. The smallest absolute Gasteiger partial charge is 0.202 e. The molecule has 0 saturated heterocycles. The summed E-state index contributed by atoms with van der Waals surface area (Å²) in [5.41, 5.74) is -0.187. The summed E-state index contributed by atoms with van der Waals surface area (Å²) >= 11 is 5.61. The summed E-state index contributed by atoms with van der Waals surface area (Å²) in [5, 5.41) is 9.04. The topological polar surface area (TPSA) is 29.5 Å². The molecule has 1 N–H and O–H groups in total. The van der Waals surface area contributed by atoms with E-state index < -0.39 is 17.7 Å². The largest absolute Gasteiger partial charge is 0.492 e. The molecule has 0 saturated carbocycles. The van der Waals surface area contributed by atoms with Gasteiger partial charge in [-0.15, -0.1) is 0 Å². The summed E-state index contributed by atoms with van der Waals surface area (Å²) in [6, 6.07) is 1.14. The van der Waals surface area contributed by atoms with Crippen LogP contribution in [-0.4, -0.2) is 12.2 Å². The van der Waals surface area contributed by atoms with Crippen molar-refractivity contribution in [1.82, 2.24) is 0 Å². The molecular formula is C9H9ClF2O2. The zero-order valence-electron chi connectivity index (χ0n) is 7.64. The van der Waals surface area contributed by atoms with Gasteiger partial charge in [0.25, 0.3) is 0 Å². The number of hydrogen-bond acceptors (Lipinski definition) is 2. The molecule has 0 fully saturated rings. The Balaban J connectivity index is 3.40. The highest BCUT2D eigenvalue weighted by Gasteiger charge is 2.20. The molecule has 5 heteroatoms. The van der Waals surface area contributed by atoms with Crippen molar-refractivity contribution in [3.05, 3.63) is 28.3 Å². The standard InChI is InChI=1S/C9H9ClF2O2/c1-4(13)5-3-6(10)9(14-2)8(12)7(5)11/h3-4,13H,1-2H3. The van der Waals surface area contributed by atoms with Gasteiger partial charge in [-0.1, -0.05) is 11.6 Å². The third-order valence-electron chi connectivity index (χ3n) is 1.80. The van der Waals surface area contributed by atoms with Gasteiger partial charge in [0.2, 0.25) is 5.82 Å². The van der Waals surface area contributed by atoms with Crippen LogP contribution in [0.5, 0.6) is 5.75 Å². The maximum atomic E-state index is 13.2. The molecule has 0 aliphatic carbocycles. The zero-order valence-corrected chi connectivity index (χ0v) is 8.40. The van der Waals surface area contributed by atoms with Crippen molar-refractivity contribution in [2.45, 2.75) is 13.0 Å². The lowest BCUT2D eigenvalue weighted by Gasteiger charge is -2.11. The molecule has 2 nitrogen and oxygen atoms in total. The van der Waals surface area contributed by atoms with E-state index in [0.29, 0.717) is 0 Å². The van der Waals surface area contributed by atoms with Gasteiger partial charge in [-0.3, -0.25) is 0 Å². The van der Waals surface area contributed by atoms with E-state index in [9.17, 15) is 8.78 Å². The first kappa shape index (κ1) is 11.2. The normalized spacial score (nSPS) is 12.7. The maximum absolute atomic E-state index is 13.2. The predicted octanol–water partition coefficient (Wildman–Crippen LogP) is 2.68. The molecule has 0 aromatic heterocycles. The van der Waals surface area contributed by atoms with Crippen LogP contribution in [0.1, 0.15) is 18.6 Å². The zero-order chi connectivity index (χ0) is 10.9. The van der Waals surface area contributed by atoms with Crippen LogP contribution in [0.2, 0.25) is 5.02 Å². The van der Waals surface area contributed by atoms with Crippen molar-refractivity contribution in [1.29, 1.82) is 0 Å². The highest BCUT2D eigenvalue weighted by Crippen LogP contribution is 2.33. The van der Waals surface area contributed by atoms with E-state index >= 15 is 0 Å². The Labute approximate surface area is 85.1 Å². The minimum atomic E-state index is -1.18. The van der Waals surface area contributed by atoms with Crippen LogP contribution in [0.3, 0.4) is 0 Å². The number of aliphatic hydroxyl groups excluding tert-OH is 1. The van der Waals surface area contributed by atoms with Gasteiger partial charge in [0.15, 0.2) is 11.6 Å². The summed E-state index contributed by atoms with van der Waals surface area (Å²) in [4.78, 5) is 0. The molecule has 1 aromatic rings. The summed E-state index contributed by atoms with van der Waals surface area (Å²) in [7, 11) is 1.19. The fourth-order valence-corrected chi connectivity index (χ4v) is 1.37. The Morgan fingerprint density at radius 2 is 2.00 bits per heavy atom. The molecule has 0 aliphatic rings. The fraction of sp³-hybridized carbons (Fsp3) is 0.333. The fourth-order valence-electron chi connectivity index (χ4n) is 1.09. The van der Waals surface area contributed by atoms with Crippen molar-refractivity contribution >= 4 is 11.6 Å². The van der Waals surface area contributed by atoms with Crippen molar-refractivity contribution in [2.24, 2.45) is 0 Å². The molecule has 0 spiro atoms. The van der Waals surface area contributed by atoms with Gasteiger partial charge >= 0.3 is 0 Å². The molecule has 14 heavy (non-hydrogen) atoms. The minimum Gasteiger partial charge on any atom is -0.492 e. The molecule has 1 atom stereocenters. The predicted molar refractivity (Wildman–Crippen MR) is 48.6 cm³/mol. The van der Waals surface area contributed by atoms with Gasteiger partial charge in [0.1, 0.15) is 0 Å². The highest BCUT2D eigenvalue weighted by atomic mass is 35.5. The summed E-state index contributed by atoms with van der Waals surface area (Å²) in [6.45, 7) is 1.32. The molecule has 0 amide bonds. The van der Waals surface area contributed by atoms with Crippen molar-refractivity contribution < 1.29 is 18.6 Å². The first-order chi connectivity index (χ1) is 6.49. The molecule has 1 aromatic carbocycles. The van der Waals surface area contributed by atoms with E-state index in [1.165, 1.54) is 14.0 Å². The van der Waals surface area contributed by atoms with Crippen molar-refractivity contribution in [3.8, 4) is 5.75 Å². The van der Waals surface area contributed by atoms with E-state index in [-0.39, 0.29) is 16.3 Å². The first-order valence-corrected chi connectivity index (χ1v) is 4.26. The third kappa shape index (κ3) is 1.81. The van der Waals surface area contributed by atoms with E-state index in [1.54, 1.807) is 0 Å². The van der Waals surface area contributed by atoms with E-state index in [0.717, 1.165) is 6.07 Å². The van der Waals surface area contributed by atoms with Crippen LogP contribution in [0, 0.1) is 11.6 Å². The van der Waals surface area contributed by atoms with Crippen molar-refractivity contribution in [3.63, 3.8) is 0 Å². The van der Waals surface area contributed by atoms with Gasteiger partial charge in [0, 0.05) is 5.56 Å². The monoisotopic (exact) mass is 222 g/mol. The second-order valence-corrected chi connectivity index (χ2v) is 3.19. The van der Waals surface area contributed by atoms with Gasteiger partial charge in [-0.05, 0) is 13.0 Å². The molecule has 78 valence electrons. The van der Waals surface area contributed by atoms with Gasteiger partial charge in [-0.25, -0.2) is 4.39 Å². The average molecular weight is 223 g/mol. The van der Waals surface area contributed by atoms with Crippen molar-refractivity contribution in [2.75, 3.05) is 7.11 Å². The molecule has 1 rings (SSSR count). The number of hydrogen-bond donors (Lipinski definition) is 1. The minimum absolute atomic E-state index is 0.0673. The average Bonchev–Trinajstić information content (AvgIpc) is 2.12. The quantitative estimate of drug-likeness (QED) is 0.780. The van der Waals surface area contributed by atoms with Crippen LogP contribution < -0.4 is 4.74 Å². The molecule has 1 unspecified atom stereocenters. The van der Waals surface area contributed by atoms with Gasteiger partial charge < -0.3 is 9.84 Å².